The Hall–Kier alpha value is -2.22. The average Bonchev–Trinajstić information content (AvgIpc) is 3.23. The van der Waals surface area contributed by atoms with E-state index in [1.807, 2.05) is 4.57 Å². The van der Waals surface area contributed by atoms with Crippen molar-refractivity contribution in [3.8, 4) is 5.75 Å². The van der Waals surface area contributed by atoms with Gasteiger partial charge in [-0.2, -0.15) is 5.10 Å². The van der Waals surface area contributed by atoms with E-state index < -0.39 is 11.7 Å². The molecule has 1 aliphatic carbocycles. The predicted octanol–water partition coefficient (Wildman–Crippen LogP) is 2.09. The molecule has 0 atom stereocenters. The van der Waals surface area contributed by atoms with Crippen LogP contribution in [0.2, 0.25) is 0 Å². The van der Waals surface area contributed by atoms with Gasteiger partial charge in [-0.05, 0) is 37.2 Å². The molecule has 0 spiro atoms. The topological polar surface area (TPSA) is 82.9 Å². The van der Waals surface area contributed by atoms with E-state index in [1.54, 1.807) is 0 Å². The Labute approximate surface area is 131 Å². The van der Waals surface area contributed by atoms with E-state index in [9.17, 15) is 9.18 Å². The number of phenols is 1. The Morgan fingerprint density at radius 2 is 2.32 bits per heavy atom. The highest BCUT2D eigenvalue weighted by molar-refractivity contribution is 7.71. The maximum Gasteiger partial charge on any atom is 0.254 e. The quantitative estimate of drug-likeness (QED) is 0.736. The number of halogens is 1. The van der Waals surface area contributed by atoms with Gasteiger partial charge in [-0.15, -0.1) is 0 Å². The third kappa shape index (κ3) is 3.01. The van der Waals surface area contributed by atoms with E-state index in [2.05, 4.69) is 15.5 Å². The summed E-state index contributed by atoms with van der Waals surface area (Å²) >= 11 is 5.18. The number of carbonyl (C=O) groups is 1. The maximum atomic E-state index is 13.6. The monoisotopic (exact) mass is 322 g/mol. The number of aromatic hydroxyl groups is 1. The number of aromatic amines is 1. The molecule has 2 aromatic rings. The van der Waals surface area contributed by atoms with Crippen LogP contribution in [0, 0.1) is 10.6 Å². The molecule has 116 valence electrons. The van der Waals surface area contributed by atoms with Crippen LogP contribution in [0.3, 0.4) is 0 Å². The lowest BCUT2D eigenvalue weighted by atomic mass is 10.2. The molecule has 1 heterocycles. The van der Waals surface area contributed by atoms with Crippen LogP contribution in [0.4, 0.5) is 4.39 Å². The molecular weight excluding hydrogens is 307 g/mol. The number of nitrogens with one attached hydrogen (secondary N) is 2. The van der Waals surface area contributed by atoms with Crippen LogP contribution >= 0.6 is 12.2 Å². The Kier molecular flexibility index (Phi) is 3.93. The average molecular weight is 322 g/mol. The number of hydrogen-bond acceptors (Lipinski definition) is 4. The van der Waals surface area contributed by atoms with E-state index in [0.717, 1.165) is 24.7 Å². The second kappa shape index (κ2) is 5.88. The van der Waals surface area contributed by atoms with Gasteiger partial charge in [0.2, 0.25) is 0 Å². The van der Waals surface area contributed by atoms with Crippen molar-refractivity contribution in [1.82, 2.24) is 20.1 Å². The van der Waals surface area contributed by atoms with Gasteiger partial charge in [0.15, 0.2) is 4.77 Å². The van der Waals surface area contributed by atoms with Crippen LogP contribution in [-0.2, 0) is 6.42 Å². The fraction of sp³-hybridized carbons (Fsp3) is 0.357. The molecule has 1 amide bonds. The van der Waals surface area contributed by atoms with Crippen molar-refractivity contribution >= 4 is 18.1 Å². The highest BCUT2D eigenvalue weighted by Crippen LogP contribution is 2.35. The van der Waals surface area contributed by atoms with Gasteiger partial charge in [-0.25, -0.2) is 4.39 Å². The zero-order chi connectivity index (χ0) is 15.7. The predicted molar refractivity (Wildman–Crippen MR) is 79.8 cm³/mol. The lowest BCUT2D eigenvalue weighted by Crippen LogP contribution is -2.27. The Balaban J connectivity index is 1.61. The molecule has 8 heteroatoms. The molecule has 0 radical (unpaired) electrons. The molecule has 22 heavy (non-hydrogen) atoms. The summed E-state index contributed by atoms with van der Waals surface area (Å²) < 4.78 is 16.1. The van der Waals surface area contributed by atoms with Crippen molar-refractivity contribution in [3.05, 3.63) is 40.2 Å². The number of rotatable bonds is 5. The summed E-state index contributed by atoms with van der Waals surface area (Å²) in [7, 11) is 0. The fourth-order valence-corrected chi connectivity index (χ4v) is 2.59. The van der Waals surface area contributed by atoms with Crippen molar-refractivity contribution in [1.29, 1.82) is 0 Å². The minimum absolute atomic E-state index is 0.0983. The van der Waals surface area contributed by atoms with Crippen LogP contribution in [0.25, 0.3) is 0 Å². The summed E-state index contributed by atoms with van der Waals surface area (Å²) in [6.45, 7) is 0.325. The van der Waals surface area contributed by atoms with E-state index in [0.29, 0.717) is 23.8 Å². The van der Waals surface area contributed by atoms with E-state index >= 15 is 0 Å². The Bertz CT molecular complexity index is 766. The molecule has 1 aromatic carbocycles. The summed E-state index contributed by atoms with van der Waals surface area (Å²) in [6.07, 6.45) is 2.69. The van der Waals surface area contributed by atoms with Crippen LogP contribution in [0.1, 0.15) is 35.1 Å². The van der Waals surface area contributed by atoms with Crippen molar-refractivity contribution in [3.63, 3.8) is 0 Å². The number of H-pyrrole nitrogens is 1. The van der Waals surface area contributed by atoms with Crippen molar-refractivity contribution < 1.29 is 14.3 Å². The molecule has 1 aromatic heterocycles. The number of benzene rings is 1. The number of carbonyl (C=O) groups excluding carboxylic acids is 1. The maximum absolute atomic E-state index is 13.6. The summed E-state index contributed by atoms with van der Waals surface area (Å²) in [4.78, 5) is 11.9. The van der Waals surface area contributed by atoms with Crippen LogP contribution < -0.4 is 5.32 Å². The SMILES string of the molecule is O=C(NCCc1n[nH]c(=S)n1C1CC1)c1ccc(O)cc1F. The molecule has 0 aliphatic heterocycles. The number of nitrogens with zero attached hydrogens (tertiary/aromatic N) is 2. The molecule has 6 nitrogen and oxygen atoms in total. The first-order chi connectivity index (χ1) is 10.6. The van der Waals surface area contributed by atoms with Gasteiger partial charge in [-0.3, -0.25) is 9.89 Å². The molecule has 1 aliphatic rings. The third-order valence-corrected chi connectivity index (χ3v) is 3.81. The number of phenolic OH excluding ortho intramolecular Hbond substituents is 1. The Morgan fingerprint density at radius 3 is 3.00 bits per heavy atom. The molecule has 0 saturated heterocycles. The zero-order valence-electron chi connectivity index (χ0n) is 11.7. The van der Waals surface area contributed by atoms with Crippen LogP contribution in [0.15, 0.2) is 18.2 Å². The van der Waals surface area contributed by atoms with Gasteiger partial charge in [0.25, 0.3) is 5.91 Å². The van der Waals surface area contributed by atoms with Crippen LogP contribution in [0.5, 0.6) is 5.75 Å². The number of hydrogen-bond donors (Lipinski definition) is 3. The zero-order valence-corrected chi connectivity index (χ0v) is 12.5. The van der Waals surface area contributed by atoms with Crippen molar-refractivity contribution in [2.24, 2.45) is 0 Å². The largest absolute Gasteiger partial charge is 0.508 e. The first-order valence-electron chi connectivity index (χ1n) is 6.99. The van der Waals surface area contributed by atoms with E-state index in [-0.39, 0.29) is 11.3 Å². The standard InChI is InChI=1S/C14H15FN4O2S/c15-11-7-9(20)3-4-10(11)13(21)16-6-5-12-17-18-14(22)19(12)8-1-2-8/h3-4,7-8,20H,1-2,5-6H2,(H,16,21)(H,18,22). The van der Waals surface area contributed by atoms with Crippen molar-refractivity contribution in [2.75, 3.05) is 6.54 Å². The van der Waals surface area contributed by atoms with Gasteiger partial charge in [0, 0.05) is 25.1 Å². The molecule has 3 N–H and O–H groups in total. The Morgan fingerprint density at radius 1 is 1.55 bits per heavy atom. The van der Waals surface area contributed by atoms with E-state index in [4.69, 9.17) is 17.3 Å². The third-order valence-electron chi connectivity index (χ3n) is 3.52. The minimum atomic E-state index is -0.752. The van der Waals surface area contributed by atoms with Gasteiger partial charge in [0.1, 0.15) is 17.4 Å². The van der Waals surface area contributed by atoms with E-state index in [1.165, 1.54) is 12.1 Å². The molecular formula is C14H15FN4O2S. The number of amides is 1. The first-order valence-corrected chi connectivity index (χ1v) is 7.39. The van der Waals surface area contributed by atoms with Gasteiger partial charge < -0.3 is 15.0 Å². The lowest BCUT2D eigenvalue weighted by Gasteiger charge is -2.07. The molecule has 3 rings (SSSR count). The summed E-state index contributed by atoms with van der Waals surface area (Å²) in [6, 6.07) is 3.84. The van der Waals surface area contributed by atoms with Crippen molar-refractivity contribution in [2.45, 2.75) is 25.3 Å². The molecule has 0 bridgehead atoms. The summed E-state index contributed by atoms with van der Waals surface area (Å²) in [5, 5.41) is 18.7. The van der Waals surface area contributed by atoms with Gasteiger partial charge in [-0.1, -0.05) is 0 Å². The molecule has 0 unspecified atom stereocenters. The molecule has 1 saturated carbocycles. The fourth-order valence-electron chi connectivity index (χ4n) is 2.29. The second-order valence-electron chi connectivity index (χ2n) is 5.22. The highest BCUT2D eigenvalue weighted by atomic mass is 32.1. The smallest absolute Gasteiger partial charge is 0.254 e. The van der Waals surface area contributed by atoms with Crippen LogP contribution in [-0.4, -0.2) is 32.3 Å². The van der Waals surface area contributed by atoms with Gasteiger partial charge in [0.05, 0.1) is 5.56 Å². The summed E-state index contributed by atoms with van der Waals surface area (Å²) in [5.74, 6) is -0.698. The lowest BCUT2D eigenvalue weighted by molar-refractivity contribution is 0.0950. The normalized spacial score (nSPS) is 14.0. The van der Waals surface area contributed by atoms with Gasteiger partial charge >= 0.3 is 0 Å². The number of aromatic nitrogens is 3. The second-order valence-corrected chi connectivity index (χ2v) is 5.60. The molecule has 1 fully saturated rings. The summed E-state index contributed by atoms with van der Waals surface area (Å²) in [5.41, 5.74) is -0.0983. The minimum Gasteiger partial charge on any atom is -0.508 e. The highest BCUT2D eigenvalue weighted by Gasteiger charge is 2.27. The first kappa shape index (κ1) is 14.7.